The van der Waals surface area contributed by atoms with Gasteiger partial charge in [0, 0.05) is 6.04 Å². The summed E-state index contributed by atoms with van der Waals surface area (Å²) in [6.45, 7) is 4.61. The van der Waals surface area contributed by atoms with Crippen LogP contribution >= 0.6 is 11.6 Å². The summed E-state index contributed by atoms with van der Waals surface area (Å²) in [6, 6.07) is 5.77. The molecule has 0 heterocycles. The van der Waals surface area contributed by atoms with E-state index in [2.05, 4.69) is 6.92 Å². The van der Waals surface area contributed by atoms with Crippen LogP contribution in [-0.2, 0) is 0 Å². The highest BCUT2D eigenvalue weighted by Gasteiger charge is 2.07. The van der Waals surface area contributed by atoms with E-state index >= 15 is 0 Å². The number of ether oxygens (including phenoxy) is 1. The zero-order valence-corrected chi connectivity index (χ0v) is 9.34. The Morgan fingerprint density at radius 1 is 1.43 bits per heavy atom. The zero-order chi connectivity index (χ0) is 10.6. The molecule has 3 heteroatoms. The highest BCUT2D eigenvalue weighted by atomic mass is 35.5. The molecule has 2 nitrogen and oxygen atoms in total. The molecule has 0 fully saturated rings. The normalized spacial score (nSPS) is 12.6. The molecule has 0 radical (unpaired) electrons. The molecular weight excluding hydrogens is 198 g/mol. The first kappa shape index (κ1) is 11.3. The Balaban J connectivity index is 2.88. The van der Waals surface area contributed by atoms with E-state index in [4.69, 9.17) is 22.1 Å². The van der Waals surface area contributed by atoms with Crippen molar-refractivity contribution in [1.82, 2.24) is 0 Å². The highest BCUT2D eigenvalue weighted by molar-refractivity contribution is 6.32. The number of hydrogen-bond donors (Lipinski definition) is 1. The van der Waals surface area contributed by atoms with Crippen LogP contribution in [0.5, 0.6) is 5.75 Å². The molecule has 1 atom stereocenters. The van der Waals surface area contributed by atoms with Gasteiger partial charge in [-0.2, -0.15) is 0 Å². The number of nitrogens with two attached hydrogens (primary N) is 1. The summed E-state index contributed by atoms with van der Waals surface area (Å²) in [5, 5.41) is 0.633. The summed E-state index contributed by atoms with van der Waals surface area (Å²) in [5.41, 5.74) is 6.94. The maximum absolute atomic E-state index is 6.03. The van der Waals surface area contributed by atoms with Gasteiger partial charge >= 0.3 is 0 Å². The molecule has 0 amide bonds. The second-order valence-electron chi connectivity index (χ2n) is 3.14. The molecule has 0 saturated carbocycles. The second-order valence-corrected chi connectivity index (χ2v) is 3.54. The lowest BCUT2D eigenvalue weighted by Gasteiger charge is -2.11. The minimum atomic E-state index is 0.0585. The largest absolute Gasteiger partial charge is 0.492 e. The number of halogens is 1. The molecule has 1 rings (SSSR count). The van der Waals surface area contributed by atoms with Gasteiger partial charge in [-0.1, -0.05) is 24.6 Å². The third-order valence-electron chi connectivity index (χ3n) is 2.12. The Morgan fingerprint density at radius 3 is 2.64 bits per heavy atom. The van der Waals surface area contributed by atoms with Gasteiger partial charge in [0.1, 0.15) is 5.75 Å². The van der Waals surface area contributed by atoms with Crippen LogP contribution in [0.15, 0.2) is 18.2 Å². The van der Waals surface area contributed by atoms with Crippen molar-refractivity contribution in [2.24, 2.45) is 5.73 Å². The fourth-order valence-electron chi connectivity index (χ4n) is 1.26. The van der Waals surface area contributed by atoms with Crippen molar-refractivity contribution in [2.75, 3.05) is 6.61 Å². The molecule has 0 spiro atoms. The van der Waals surface area contributed by atoms with E-state index in [0.717, 1.165) is 17.7 Å². The predicted octanol–water partition coefficient (Wildman–Crippen LogP) is 3.15. The highest BCUT2D eigenvalue weighted by Crippen LogP contribution is 2.27. The molecule has 0 unspecified atom stereocenters. The number of hydrogen-bond acceptors (Lipinski definition) is 2. The Morgan fingerprint density at radius 2 is 2.14 bits per heavy atom. The van der Waals surface area contributed by atoms with Crippen molar-refractivity contribution in [3.05, 3.63) is 28.8 Å². The molecule has 14 heavy (non-hydrogen) atoms. The van der Waals surface area contributed by atoms with Crippen LogP contribution < -0.4 is 10.5 Å². The summed E-state index contributed by atoms with van der Waals surface area (Å²) in [4.78, 5) is 0. The molecule has 0 aromatic heterocycles. The molecule has 1 aromatic carbocycles. The van der Waals surface area contributed by atoms with Gasteiger partial charge in [-0.3, -0.25) is 0 Å². The van der Waals surface area contributed by atoms with Gasteiger partial charge in [0.15, 0.2) is 0 Å². The van der Waals surface area contributed by atoms with Gasteiger partial charge in [0.05, 0.1) is 11.6 Å². The fraction of sp³-hybridized carbons (Fsp3) is 0.455. The van der Waals surface area contributed by atoms with Gasteiger partial charge in [0.2, 0.25) is 0 Å². The van der Waals surface area contributed by atoms with Crippen LogP contribution in [0, 0.1) is 0 Å². The van der Waals surface area contributed by atoms with Gasteiger partial charge in [-0.25, -0.2) is 0 Å². The van der Waals surface area contributed by atoms with Crippen molar-refractivity contribution >= 4 is 11.6 Å². The number of rotatable bonds is 4. The van der Waals surface area contributed by atoms with Crippen molar-refractivity contribution in [2.45, 2.75) is 26.3 Å². The molecule has 0 saturated heterocycles. The lowest BCUT2D eigenvalue weighted by molar-refractivity contribution is 0.340. The van der Waals surface area contributed by atoms with Gasteiger partial charge in [0.25, 0.3) is 0 Å². The summed E-state index contributed by atoms with van der Waals surface area (Å²) in [6.07, 6.45) is 0.907. The van der Waals surface area contributed by atoms with E-state index in [1.165, 1.54) is 0 Å². The summed E-state index contributed by atoms with van der Waals surface area (Å²) < 4.78 is 5.33. The molecule has 1 aromatic rings. The Hall–Kier alpha value is -0.730. The minimum Gasteiger partial charge on any atom is -0.492 e. The van der Waals surface area contributed by atoms with Crippen LogP contribution in [0.4, 0.5) is 0 Å². The topological polar surface area (TPSA) is 35.2 Å². The lowest BCUT2D eigenvalue weighted by Crippen LogP contribution is -2.08. The average molecular weight is 214 g/mol. The maximum atomic E-state index is 6.03. The van der Waals surface area contributed by atoms with E-state index in [0.29, 0.717) is 11.6 Å². The molecule has 0 aliphatic heterocycles. The van der Waals surface area contributed by atoms with Crippen LogP contribution in [0.25, 0.3) is 0 Å². The van der Waals surface area contributed by atoms with E-state index in [1.807, 2.05) is 25.1 Å². The standard InChI is InChI=1S/C11H16ClNO/c1-3-10(13)8-5-6-11(14-4-2)9(12)7-8/h5-7,10H,3-4,13H2,1-2H3/t10-/m0/s1. The lowest BCUT2D eigenvalue weighted by atomic mass is 10.1. The quantitative estimate of drug-likeness (QED) is 0.834. The van der Waals surface area contributed by atoms with E-state index in [1.54, 1.807) is 0 Å². The molecule has 2 N–H and O–H groups in total. The van der Waals surface area contributed by atoms with E-state index in [-0.39, 0.29) is 6.04 Å². The summed E-state index contributed by atoms with van der Waals surface area (Å²) in [5.74, 6) is 0.723. The molecule has 0 bridgehead atoms. The minimum absolute atomic E-state index is 0.0585. The third kappa shape index (κ3) is 2.63. The van der Waals surface area contributed by atoms with Gasteiger partial charge in [-0.15, -0.1) is 0 Å². The van der Waals surface area contributed by atoms with Gasteiger partial charge < -0.3 is 10.5 Å². The molecule has 78 valence electrons. The predicted molar refractivity (Wildman–Crippen MR) is 59.8 cm³/mol. The third-order valence-corrected chi connectivity index (χ3v) is 2.42. The van der Waals surface area contributed by atoms with Crippen molar-refractivity contribution < 1.29 is 4.74 Å². The Kier molecular flexibility index (Phi) is 4.23. The van der Waals surface area contributed by atoms with Crippen LogP contribution in [0.3, 0.4) is 0 Å². The van der Waals surface area contributed by atoms with E-state index < -0.39 is 0 Å². The van der Waals surface area contributed by atoms with Crippen LogP contribution in [-0.4, -0.2) is 6.61 Å². The van der Waals surface area contributed by atoms with Crippen molar-refractivity contribution in [1.29, 1.82) is 0 Å². The monoisotopic (exact) mass is 213 g/mol. The fourth-order valence-corrected chi connectivity index (χ4v) is 1.50. The van der Waals surface area contributed by atoms with Crippen molar-refractivity contribution in [3.63, 3.8) is 0 Å². The van der Waals surface area contributed by atoms with Crippen LogP contribution in [0.1, 0.15) is 31.9 Å². The average Bonchev–Trinajstić information content (AvgIpc) is 2.20. The molecule has 0 aliphatic rings. The Bertz CT molecular complexity index is 301. The van der Waals surface area contributed by atoms with Crippen LogP contribution in [0.2, 0.25) is 5.02 Å². The first-order valence-electron chi connectivity index (χ1n) is 4.86. The number of benzene rings is 1. The summed E-state index contributed by atoms with van der Waals surface area (Å²) in [7, 11) is 0. The zero-order valence-electron chi connectivity index (χ0n) is 8.59. The van der Waals surface area contributed by atoms with Gasteiger partial charge in [-0.05, 0) is 31.0 Å². The Labute approximate surface area is 90.0 Å². The smallest absolute Gasteiger partial charge is 0.137 e. The maximum Gasteiger partial charge on any atom is 0.137 e. The second kappa shape index (κ2) is 5.23. The SMILES string of the molecule is CCOc1ccc([C@@H](N)CC)cc1Cl. The molecule has 0 aliphatic carbocycles. The first-order valence-corrected chi connectivity index (χ1v) is 5.24. The van der Waals surface area contributed by atoms with Crippen molar-refractivity contribution in [3.8, 4) is 5.75 Å². The summed E-state index contributed by atoms with van der Waals surface area (Å²) >= 11 is 6.03. The first-order chi connectivity index (χ1) is 6.69. The molecular formula is C11H16ClNO. The van der Waals surface area contributed by atoms with E-state index in [9.17, 15) is 0 Å².